The Labute approximate surface area is 175 Å². The zero-order chi connectivity index (χ0) is 20.5. The molecule has 29 heavy (non-hydrogen) atoms. The van der Waals surface area contributed by atoms with E-state index in [0.717, 1.165) is 18.7 Å². The lowest BCUT2D eigenvalue weighted by Crippen LogP contribution is -2.44. The molecule has 0 unspecified atom stereocenters. The van der Waals surface area contributed by atoms with Crippen LogP contribution in [-0.4, -0.2) is 48.1 Å². The summed E-state index contributed by atoms with van der Waals surface area (Å²) in [6, 6.07) is 8.78. The molecule has 0 bridgehead atoms. The standard InChI is InChI=1S/C22H25ClFN3O2/c1-13-6-7-16(24)20(21(13)23)22(28)27-11-14-9-17(18(29-2)10-15(14)12-27)26-19-5-3-4-8-25-19/h3-8,14-15,17-18H,9-12H2,1-2H3,(H,25,26)/t14-,15+,17-,18-/m1/s1. The van der Waals surface area contributed by atoms with Gasteiger partial charge in [-0.1, -0.05) is 23.7 Å². The topological polar surface area (TPSA) is 54.5 Å². The molecule has 2 heterocycles. The summed E-state index contributed by atoms with van der Waals surface area (Å²) in [6.07, 6.45) is 3.51. The molecule has 1 N–H and O–H groups in total. The van der Waals surface area contributed by atoms with Crippen LogP contribution in [0.2, 0.25) is 5.02 Å². The number of rotatable bonds is 4. The third kappa shape index (κ3) is 3.96. The zero-order valence-corrected chi connectivity index (χ0v) is 17.3. The van der Waals surface area contributed by atoms with Crippen LogP contribution in [0.5, 0.6) is 0 Å². The van der Waals surface area contributed by atoms with Crippen molar-refractivity contribution in [2.45, 2.75) is 31.9 Å². The number of amides is 1. The number of methoxy groups -OCH3 is 1. The number of hydrogen-bond donors (Lipinski definition) is 1. The second-order valence-corrected chi connectivity index (χ2v) is 8.37. The fourth-order valence-electron chi connectivity index (χ4n) is 4.64. The Balaban J connectivity index is 1.50. The first kappa shape index (κ1) is 20.1. The van der Waals surface area contributed by atoms with E-state index in [9.17, 15) is 9.18 Å². The number of aromatic nitrogens is 1. The molecule has 1 aliphatic carbocycles. The quantitative estimate of drug-likeness (QED) is 0.811. The second kappa shape index (κ2) is 8.28. The number of carbonyl (C=O) groups is 1. The number of anilines is 1. The normalized spacial score (nSPS) is 26.3. The largest absolute Gasteiger partial charge is 0.379 e. The second-order valence-electron chi connectivity index (χ2n) is 7.99. The third-order valence-electron chi connectivity index (χ3n) is 6.20. The van der Waals surface area contributed by atoms with Crippen molar-refractivity contribution in [1.29, 1.82) is 0 Å². The predicted octanol–water partition coefficient (Wildman–Crippen LogP) is 4.16. The third-order valence-corrected chi connectivity index (χ3v) is 6.69. The van der Waals surface area contributed by atoms with Gasteiger partial charge in [0.05, 0.1) is 22.7 Å². The summed E-state index contributed by atoms with van der Waals surface area (Å²) in [5.41, 5.74) is 0.684. The molecular formula is C22H25ClFN3O2. The van der Waals surface area contributed by atoms with Crippen LogP contribution in [0.3, 0.4) is 0 Å². The van der Waals surface area contributed by atoms with E-state index in [4.69, 9.17) is 16.3 Å². The van der Waals surface area contributed by atoms with Gasteiger partial charge in [0, 0.05) is 26.4 Å². The van der Waals surface area contributed by atoms with Crippen molar-refractivity contribution in [3.05, 3.63) is 58.5 Å². The molecule has 0 spiro atoms. The number of hydrogen-bond acceptors (Lipinski definition) is 4. The smallest absolute Gasteiger partial charge is 0.258 e. The van der Waals surface area contributed by atoms with Gasteiger partial charge in [0.2, 0.25) is 0 Å². The Morgan fingerprint density at radius 3 is 2.69 bits per heavy atom. The fraction of sp³-hybridized carbons (Fsp3) is 0.455. The van der Waals surface area contributed by atoms with E-state index >= 15 is 0 Å². The maximum Gasteiger partial charge on any atom is 0.258 e. The number of nitrogens with zero attached hydrogens (tertiary/aromatic N) is 2. The number of benzene rings is 1. The minimum Gasteiger partial charge on any atom is -0.379 e. The molecule has 1 aromatic carbocycles. The van der Waals surface area contributed by atoms with E-state index in [1.54, 1.807) is 31.2 Å². The number of ether oxygens (including phenoxy) is 1. The van der Waals surface area contributed by atoms with Gasteiger partial charge in [0.1, 0.15) is 11.6 Å². The minimum absolute atomic E-state index is 0.0169. The Morgan fingerprint density at radius 1 is 1.24 bits per heavy atom. The van der Waals surface area contributed by atoms with Crippen molar-refractivity contribution in [2.24, 2.45) is 11.8 Å². The molecule has 7 heteroatoms. The molecule has 1 saturated carbocycles. The summed E-state index contributed by atoms with van der Waals surface area (Å²) in [5.74, 6) is 0.590. The monoisotopic (exact) mass is 417 g/mol. The summed E-state index contributed by atoms with van der Waals surface area (Å²) in [4.78, 5) is 19.1. The highest BCUT2D eigenvalue weighted by Crippen LogP contribution is 2.39. The molecule has 2 fully saturated rings. The zero-order valence-electron chi connectivity index (χ0n) is 16.6. The van der Waals surface area contributed by atoms with Crippen LogP contribution in [0.1, 0.15) is 28.8 Å². The molecule has 5 nitrogen and oxygen atoms in total. The number of carbonyl (C=O) groups excluding carboxylic acids is 1. The number of fused-ring (bicyclic) bond motifs is 1. The number of aryl methyl sites for hydroxylation is 1. The molecule has 2 aromatic rings. The van der Waals surface area contributed by atoms with Crippen LogP contribution < -0.4 is 5.32 Å². The maximum absolute atomic E-state index is 14.4. The SMILES string of the molecule is CO[C@@H]1C[C@H]2CN(C(=O)c3c(F)ccc(C)c3Cl)C[C@H]2C[C@H]1Nc1ccccn1. The number of likely N-dealkylation sites (tertiary alicyclic amines) is 1. The fourth-order valence-corrected chi connectivity index (χ4v) is 4.87. The molecule has 4 atom stereocenters. The molecule has 1 aromatic heterocycles. The molecular weight excluding hydrogens is 393 g/mol. The molecule has 4 rings (SSSR count). The Hall–Kier alpha value is -2.18. The molecule has 0 radical (unpaired) electrons. The summed E-state index contributed by atoms with van der Waals surface area (Å²) < 4.78 is 20.1. The summed E-state index contributed by atoms with van der Waals surface area (Å²) in [6.45, 7) is 2.98. The van der Waals surface area contributed by atoms with Crippen molar-refractivity contribution in [3.63, 3.8) is 0 Å². The van der Waals surface area contributed by atoms with Gasteiger partial charge in [-0.05, 0) is 55.4 Å². The van der Waals surface area contributed by atoms with Crippen molar-refractivity contribution < 1.29 is 13.9 Å². The van der Waals surface area contributed by atoms with E-state index < -0.39 is 5.82 Å². The van der Waals surface area contributed by atoms with Crippen LogP contribution >= 0.6 is 11.6 Å². The lowest BCUT2D eigenvalue weighted by atomic mass is 9.77. The Kier molecular flexibility index (Phi) is 5.74. The Bertz CT molecular complexity index is 895. The van der Waals surface area contributed by atoms with E-state index in [2.05, 4.69) is 10.3 Å². The molecule has 1 amide bonds. The molecule has 2 aliphatic rings. The molecule has 1 saturated heterocycles. The van der Waals surface area contributed by atoms with Crippen LogP contribution in [0.4, 0.5) is 10.2 Å². The lowest BCUT2D eigenvalue weighted by Gasteiger charge is -2.37. The Morgan fingerprint density at radius 2 is 2.00 bits per heavy atom. The van der Waals surface area contributed by atoms with Crippen LogP contribution in [0, 0.1) is 24.6 Å². The summed E-state index contributed by atoms with van der Waals surface area (Å²) >= 11 is 6.26. The van der Waals surface area contributed by atoms with Gasteiger partial charge in [-0.2, -0.15) is 0 Å². The maximum atomic E-state index is 14.4. The number of halogens is 2. The first-order chi connectivity index (χ1) is 14.0. The van der Waals surface area contributed by atoms with Crippen LogP contribution in [0.15, 0.2) is 36.5 Å². The predicted molar refractivity (Wildman–Crippen MR) is 111 cm³/mol. The van der Waals surface area contributed by atoms with Crippen LogP contribution in [-0.2, 0) is 4.74 Å². The van der Waals surface area contributed by atoms with Crippen molar-refractivity contribution in [2.75, 3.05) is 25.5 Å². The molecule has 1 aliphatic heterocycles. The number of pyridine rings is 1. The van der Waals surface area contributed by atoms with Gasteiger partial charge in [-0.25, -0.2) is 9.37 Å². The van der Waals surface area contributed by atoms with E-state index in [0.29, 0.717) is 30.5 Å². The van der Waals surface area contributed by atoms with E-state index in [1.165, 1.54) is 6.07 Å². The van der Waals surface area contributed by atoms with Gasteiger partial charge in [0.15, 0.2) is 0 Å². The highest BCUT2D eigenvalue weighted by Gasteiger charge is 2.44. The average Bonchev–Trinajstić information content (AvgIpc) is 3.14. The van der Waals surface area contributed by atoms with Crippen molar-refractivity contribution >= 4 is 23.3 Å². The first-order valence-corrected chi connectivity index (χ1v) is 10.3. The van der Waals surface area contributed by atoms with Crippen molar-refractivity contribution in [1.82, 2.24) is 9.88 Å². The average molecular weight is 418 g/mol. The highest BCUT2D eigenvalue weighted by molar-refractivity contribution is 6.34. The van der Waals surface area contributed by atoms with Gasteiger partial charge in [0.25, 0.3) is 5.91 Å². The van der Waals surface area contributed by atoms with Gasteiger partial charge >= 0.3 is 0 Å². The lowest BCUT2D eigenvalue weighted by molar-refractivity contribution is 0.0304. The van der Waals surface area contributed by atoms with Gasteiger partial charge in [-0.3, -0.25) is 4.79 Å². The minimum atomic E-state index is -0.565. The first-order valence-electron chi connectivity index (χ1n) is 9.92. The van der Waals surface area contributed by atoms with E-state index in [1.807, 2.05) is 18.2 Å². The van der Waals surface area contributed by atoms with Gasteiger partial charge < -0.3 is 15.0 Å². The van der Waals surface area contributed by atoms with E-state index in [-0.39, 0.29) is 28.6 Å². The number of nitrogens with one attached hydrogen (secondary N) is 1. The van der Waals surface area contributed by atoms with Crippen molar-refractivity contribution in [3.8, 4) is 0 Å². The summed E-state index contributed by atoms with van der Waals surface area (Å²) in [5, 5.41) is 3.68. The summed E-state index contributed by atoms with van der Waals surface area (Å²) in [7, 11) is 1.72. The highest BCUT2D eigenvalue weighted by atomic mass is 35.5. The van der Waals surface area contributed by atoms with Gasteiger partial charge in [-0.15, -0.1) is 0 Å². The molecule has 154 valence electrons. The van der Waals surface area contributed by atoms with Crippen LogP contribution in [0.25, 0.3) is 0 Å².